The van der Waals surface area contributed by atoms with Crippen molar-refractivity contribution in [2.45, 2.75) is 58.3 Å². The van der Waals surface area contributed by atoms with Crippen LogP contribution in [0.2, 0.25) is 0 Å². The summed E-state index contributed by atoms with van der Waals surface area (Å²) in [7, 11) is 0. The number of rotatable bonds is 6. The molecular formula is C23H31NO3. The molecule has 2 atom stereocenters. The maximum absolute atomic E-state index is 12.8. The summed E-state index contributed by atoms with van der Waals surface area (Å²) in [6.07, 6.45) is 0.0377. The molecule has 4 heteroatoms. The lowest BCUT2D eigenvalue weighted by Crippen LogP contribution is -2.41. The van der Waals surface area contributed by atoms with E-state index in [9.17, 15) is 9.90 Å². The van der Waals surface area contributed by atoms with Crippen molar-refractivity contribution in [1.29, 1.82) is 0 Å². The molecule has 0 aliphatic rings. The maximum Gasteiger partial charge on any atom is 0.410 e. The van der Waals surface area contributed by atoms with E-state index in [-0.39, 0.29) is 12.1 Å². The molecule has 0 aromatic heterocycles. The molecule has 0 radical (unpaired) electrons. The molecule has 27 heavy (non-hydrogen) atoms. The molecule has 146 valence electrons. The van der Waals surface area contributed by atoms with Crippen LogP contribution in [-0.2, 0) is 10.3 Å². The van der Waals surface area contributed by atoms with E-state index in [2.05, 4.69) is 0 Å². The highest BCUT2D eigenvalue weighted by atomic mass is 16.6. The van der Waals surface area contributed by atoms with Crippen LogP contribution < -0.4 is 0 Å². The van der Waals surface area contributed by atoms with E-state index in [1.165, 1.54) is 0 Å². The summed E-state index contributed by atoms with van der Waals surface area (Å²) in [5.41, 5.74) is 0.259. The molecular weight excluding hydrogens is 338 g/mol. The van der Waals surface area contributed by atoms with Crippen LogP contribution >= 0.6 is 0 Å². The molecule has 0 spiro atoms. The molecule has 2 unspecified atom stereocenters. The van der Waals surface area contributed by atoms with Crippen molar-refractivity contribution in [3.8, 4) is 0 Å². The highest BCUT2D eigenvalue weighted by Crippen LogP contribution is 2.28. The predicted octanol–water partition coefficient (Wildman–Crippen LogP) is 5.28. The Hall–Kier alpha value is -2.33. The standard InChI is InChI=1S/C23H31NO3/c1-18(19-12-8-6-9-13-19)24(21(25)27-22(2,3)4)17-16-23(5,26)20-14-10-7-11-15-20/h6-15,18,26H,16-17H2,1-5H3. The van der Waals surface area contributed by atoms with Gasteiger partial charge >= 0.3 is 6.09 Å². The molecule has 0 aliphatic heterocycles. The van der Waals surface area contributed by atoms with Crippen LogP contribution in [0.25, 0.3) is 0 Å². The van der Waals surface area contributed by atoms with Gasteiger partial charge in [0, 0.05) is 6.54 Å². The van der Waals surface area contributed by atoms with E-state index in [0.717, 1.165) is 11.1 Å². The van der Waals surface area contributed by atoms with Crippen molar-refractivity contribution < 1.29 is 14.6 Å². The van der Waals surface area contributed by atoms with Gasteiger partial charge in [-0.2, -0.15) is 0 Å². The highest BCUT2D eigenvalue weighted by Gasteiger charge is 2.30. The van der Waals surface area contributed by atoms with Gasteiger partial charge in [0.2, 0.25) is 0 Å². The van der Waals surface area contributed by atoms with Crippen LogP contribution in [0.1, 0.15) is 58.2 Å². The fourth-order valence-corrected chi connectivity index (χ4v) is 2.95. The van der Waals surface area contributed by atoms with Crippen molar-refractivity contribution in [1.82, 2.24) is 4.90 Å². The summed E-state index contributed by atoms with van der Waals surface area (Å²) in [6.45, 7) is 9.72. The molecule has 0 bridgehead atoms. The van der Waals surface area contributed by atoms with E-state index >= 15 is 0 Å². The Morgan fingerprint density at radius 3 is 2.04 bits per heavy atom. The third kappa shape index (κ3) is 6.10. The molecule has 0 aliphatic carbocycles. The number of hydrogen-bond acceptors (Lipinski definition) is 3. The van der Waals surface area contributed by atoms with Crippen molar-refractivity contribution in [3.63, 3.8) is 0 Å². The van der Waals surface area contributed by atoms with Crippen LogP contribution in [0.4, 0.5) is 4.79 Å². The lowest BCUT2D eigenvalue weighted by molar-refractivity contribution is 0.00202. The zero-order valence-corrected chi connectivity index (χ0v) is 17.0. The van der Waals surface area contributed by atoms with Crippen molar-refractivity contribution in [2.75, 3.05) is 6.54 Å². The third-order valence-corrected chi connectivity index (χ3v) is 4.61. The van der Waals surface area contributed by atoms with Gasteiger partial charge in [-0.25, -0.2) is 4.79 Å². The smallest absolute Gasteiger partial charge is 0.410 e. The molecule has 2 aromatic rings. The quantitative estimate of drug-likeness (QED) is 0.753. The van der Waals surface area contributed by atoms with Crippen LogP contribution in [0.5, 0.6) is 0 Å². The van der Waals surface area contributed by atoms with Gasteiger partial charge in [0.25, 0.3) is 0 Å². The number of hydrogen-bond donors (Lipinski definition) is 1. The zero-order valence-electron chi connectivity index (χ0n) is 17.0. The molecule has 1 N–H and O–H groups in total. The van der Waals surface area contributed by atoms with E-state index in [0.29, 0.717) is 13.0 Å². The molecule has 0 fully saturated rings. The van der Waals surface area contributed by atoms with Gasteiger partial charge < -0.3 is 14.7 Å². The normalized spacial score (nSPS) is 14.9. The van der Waals surface area contributed by atoms with Gasteiger partial charge in [0.05, 0.1) is 11.6 Å². The van der Waals surface area contributed by atoms with Crippen LogP contribution in [0, 0.1) is 0 Å². The van der Waals surface area contributed by atoms with Gasteiger partial charge in [0.1, 0.15) is 5.60 Å². The van der Waals surface area contributed by atoms with Gasteiger partial charge in [-0.1, -0.05) is 60.7 Å². The Balaban J connectivity index is 2.20. The Bertz CT molecular complexity index is 720. The first kappa shape index (κ1) is 21.0. The Morgan fingerprint density at radius 1 is 1.00 bits per heavy atom. The highest BCUT2D eigenvalue weighted by molar-refractivity contribution is 5.68. The van der Waals surface area contributed by atoms with Gasteiger partial charge in [-0.05, 0) is 52.2 Å². The van der Waals surface area contributed by atoms with Crippen LogP contribution in [0.15, 0.2) is 60.7 Å². The number of benzene rings is 2. The summed E-state index contributed by atoms with van der Waals surface area (Å²) >= 11 is 0. The van der Waals surface area contributed by atoms with Crippen molar-refractivity contribution in [3.05, 3.63) is 71.8 Å². The van der Waals surface area contributed by atoms with E-state index in [1.54, 1.807) is 11.8 Å². The molecule has 1 amide bonds. The molecule has 0 heterocycles. The largest absolute Gasteiger partial charge is 0.444 e. The van der Waals surface area contributed by atoms with Crippen LogP contribution in [-0.4, -0.2) is 28.2 Å². The van der Waals surface area contributed by atoms with E-state index in [4.69, 9.17) is 4.74 Å². The summed E-state index contributed by atoms with van der Waals surface area (Å²) in [5.74, 6) is 0. The Labute approximate surface area is 162 Å². The number of ether oxygens (including phenoxy) is 1. The second kappa shape index (κ2) is 8.57. The summed E-state index contributed by atoms with van der Waals surface area (Å²) in [4.78, 5) is 14.5. The Kier molecular flexibility index (Phi) is 6.66. The fraction of sp³-hybridized carbons (Fsp3) is 0.435. The minimum absolute atomic E-state index is 0.160. The minimum atomic E-state index is -1.03. The average Bonchev–Trinajstić information content (AvgIpc) is 2.61. The lowest BCUT2D eigenvalue weighted by Gasteiger charge is -2.34. The van der Waals surface area contributed by atoms with Gasteiger partial charge in [-0.3, -0.25) is 0 Å². The first-order valence-electron chi connectivity index (χ1n) is 9.42. The van der Waals surface area contributed by atoms with Gasteiger partial charge in [0.15, 0.2) is 0 Å². The third-order valence-electron chi connectivity index (χ3n) is 4.61. The maximum atomic E-state index is 12.8. The summed E-state index contributed by atoms with van der Waals surface area (Å²) < 4.78 is 5.62. The molecule has 4 nitrogen and oxygen atoms in total. The van der Waals surface area contributed by atoms with Crippen molar-refractivity contribution in [2.24, 2.45) is 0 Å². The van der Waals surface area contributed by atoms with Crippen LogP contribution in [0.3, 0.4) is 0 Å². The zero-order chi connectivity index (χ0) is 20.1. The first-order chi connectivity index (χ1) is 12.6. The van der Waals surface area contributed by atoms with E-state index in [1.807, 2.05) is 88.4 Å². The monoisotopic (exact) mass is 369 g/mol. The van der Waals surface area contributed by atoms with E-state index < -0.39 is 11.2 Å². The first-order valence-corrected chi connectivity index (χ1v) is 9.42. The second-order valence-corrected chi connectivity index (χ2v) is 8.15. The number of nitrogens with zero attached hydrogens (tertiary/aromatic N) is 1. The summed E-state index contributed by atoms with van der Waals surface area (Å²) in [5, 5.41) is 10.9. The fourth-order valence-electron chi connectivity index (χ4n) is 2.95. The number of carbonyl (C=O) groups excluding carboxylic acids is 1. The second-order valence-electron chi connectivity index (χ2n) is 8.15. The summed E-state index contributed by atoms with van der Waals surface area (Å²) in [6, 6.07) is 19.2. The Morgan fingerprint density at radius 2 is 1.52 bits per heavy atom. The molecule has 0 saturated heterocycles. The number of aliphatic hydroxyl groups is 1. The molecule has 2 aromatic carbocycles. The molecule has 2 rings (SSSR count). The number of carbonyl (C=O) groups is 1. The topological polar surface area (TPSA) is 49.8 Å². The van der Waals surface area contributed by atoms with Gasteiger partial charge in [-0.15, -0.1) is 0 Å². The predicted molar refractivity (Wildman–Crippen MR) is 108 cm³/mol. The number of amides is 1. The SMILES string of the molecule is CC(c1ccccc1)N(CCC(C)(O)c1ccccc1)C(=O)OC(C)(C)C. The van der Waals surface area contributed by atoms with Crippen molar-refractivity contribution >= 4 is 6.09 Å². The molecule has 0 saturated carbocycles. The minimum Gasteiger partial charge on any atom is -0.444 e. The average molecular weight is 370 g/mol. The lowest BCUT2D eigenvalue weighted by atomic mass is 9.92.